The Morgan fingerprint density at radius 3 is 2.69 bits per heavy atom. The molecule has 0 N–H and O–H groups in total. The van der Waals surface area contributed by atoms with Gasteiger partial charge in [0.2, 0.25) is 0 Å². The minimum absolute atomic E-state index is 0.164. The average molecular weight is 387 g/mol. The molecule has 2 aromatic heterocycles. The molecule has 132 valence electrons. The van der Waals surface area contributed by atoms with E-state index < -0.39 is 0 Å². The van der Waals surface area contributed by atoms with E-state index in [-0.39, 0.29) is 23.7 Å². The van der Waals surface area contributed by atoms with Gasteiger partial charge in [0.15, 0.2) is 5.13 Å². The maximum absolute atomic E-state index is 12.8. The molecule has 0 radical (unpaired) electrons. The van der Waals surface area contributed by atoms with E-state index >= 15 is 0 Å². The molecule has 3 aromatic rings. The van der Waals surface area contributed by atoms with Gasteiger partial charge in [-0.05, 0) is 18.2 Å². The Morgan fingerprint density at radius 2 is 2.04 bits per heavy atom. The standard InChI is InChI=1S/C18H15ClN4O2S/c1-3-10-23(17(25)14-8-9-16(24)22(2)21-14)18-20-15(11-26-18)12-4-6-13(19)7-5-12/h3-9,11H,1,10H2,2H3. The van der Waals surface area contributed by atoms with Gasteiger partial charge in [0.1, 0.15) is 5.69 Å². The van der Waals surface area contributed by atoms with E-state index in [9.17, 15) is 9.59 Å². The molecule has 0 atom stereocenters. The number of nitrogens with zero attached hydrogens (tertiary/aromatic N) is 4. The summed E-state index contributed by atoms with van der Waals surface area (Å²) in [6.45, 7) is 3.98. The molecule has 6 nitrogen and oxygen atoms in total. The number of carbonyl (C=O) groups is 1. The van der Waals surface area contributed by atoms with Crippen molar-refractivity contribution >= 4 is 34.0 Å². The Labute approximate surface area is 159 Å². The summed E-state index contributed by atoms with van der Waals surface area (Å²) >= 11 is 7.26. The van der Waals surface area contributed by atoms with Crippen molar-refractivity contribution in [2.24, 2.45) is 7.05 Å². The number of hydrogen-bond donors (Lipinski definition) is 0. The number of benzene rings is 1. The summed E-state index contributed by atoms with van der Waals surface area (Å²) in [7, 11) is 1.50. The van der Waals surface area contributed by atoms with Gasteiger partial charge < -0.3 is 0 Å². The lowest BCUT2D eigenvalue weighted by Gasteiger charge is -2.17. The monoisotopic (exact) mass is 386 g/mol. The van der Waals surface area contributed by atoms with Crippen LogP contribution < -0.4 is 10.5 Å². The molecule has 0 spiro atoms. The van der Waals surface area contributed by atoms with Crippen molar-refractivity contribution in [2.75, 3.05) is 11.4 Å². The van der Waals surface area contributed by atoms with E-state index in [1.165, 1.54) is 35.4 Å². The van der Waals surface area contributed by atoms with Gasteiger partial charge in [-0.15, -0.1) is 17.9 Å². The van der Waals surface area contributed by atoms with Crippen molar-refractivity contribution in [3.05, 3.63) is 75.5 Å². The molecule has 1 amide bonds. The molecule has 0 saturated carbocycles. The Morgan fingerprint density at radius 1 is 1.31 bits per heavy atom. The second-order valence-electron chi connectivity index (χ2n) is 5.41. The quantitative estimate of drug-likeness (QED) is 0.630. The Hall–Kier alpha value is -2.77. The summed E-state index contributed by atoms with van der Waals surface area (Å²) in [6.07, 6.45) is 1.61. The lowest BCUT2D eigenvalue weighted by Crippen LogP contribution is -2.33. The molecule has 0 unspecified atom stereocenters. The molecule has 0 saturated heterocycles. The third-order valence-corrected chi connectivity index (χ3v) is 4.71. The van der Waals surface area contributed by atoms with Crippen LogP contribution in [0.5, 0.6) is 0 Å². The van der Waals surface area contributed by atoms with E-state index in [1.54, 1.807) is 18.2 Å². The van der Waals surface area contributed by atoms with Gasteiger partial charge in [-0.2, -0.15) is 5.10 Å². The number of aromatic nitrogens is 3. The Balaban J connectivity index is 1.93. The number of carbonyl (C=O) groups excluding carboxylic acids is 1. The van der Waals surface area contributed by atoms with E-state index in [2.05, 4.69) is 16.7 Å². The Kier molecular flexibility index (Phi) is 5.29. The molecule has 0 aliphatic heterocycles. The minimum Gasteiger partial charge on any atom is -0.279 e. The van der Waals surface area contributed by atoms with Gasteiger partial charge in [-0.1, -0.05) is 29.8 Å². The van der Waals surface area contributed by atoms with Crippen molar-refractivity contribution in [3.8, 4) is 11.3 Å². The van der Waals surface area contributed by atoms with Crippen LogP contribution in [-0.2, 0) is 7.05 Å². The van der Waals surface area contributed by atoms with Crippen molar-refractivity contribution in [1.82, 2.24) is 14.8 Å². The number of amides is 1. The van der Waals surface area contributed by atoms with Gasteiger partial charge in [-0.3, -0.25) is 14.5 Å². The average Bonchev–Trinajstić information content (AvgIpc) is 3.12. The van der Waals surface area contributed by atoms with E-state index in [1.807, 2.05) is 17.5 Å². The topological polar surface area (TPSA) is 68.1 Å². The van der Waals surface area contributed by atoms with E-state index in [4.69, 9.17) is 11.6 Å². The number of thiazole rings is 1. The molecule has 0 aliphatic carbocycles. The first-order valence-corrected chi connectivity index (χ1v) is 8.94. The third-order valence-electron chi connectivity index (χ3n) is 3.60. The number of aryl methyl sites for hydroxylation is 1. The molecule has 8 heteroatoms. The fraction of sp³-hybridized carbons (Fsp3) is 0.111. The highest BCUT2D eigenvalue weighted by Crippen LogP contribution is 2.29. The summed E-state index contributed by atoms with van der Waals surface area (Å²) < 4.78 is 1.13. The van der Waals surface area contributed by atoms with Crippen LogP contribution in [0.4, 0.5) is 5.13 Å². The lowest BCUT2D eigenvalue weighted by atomic mass is 10.2. The third kappa shape index (κ3) is 3.74. The van der Waals surface area contributed by atoms with Crippen LogP contribution >= 0.6 is 22.9 Å². The maximum Gasteiger partial charge on any atom is 0.280 e. The van der Waals surface area contributed by atoms with Crippen molar-refractivity contribution < 1.29 is 4.79 Å². The van der Waals surface area contributed by atoms with Crippen LogP contribution in [0.1, 0.15) is 10.5 Å². The summed E-state index contributed by atoms with van der Waals surface area (Å²) in [6, 6.07) is 10.0. The van der Waals surface area contributed by atoms with E-state index in [0.717, 1.165) is 15.9 Å². The highest BCUT2D eigenvalue weighted by molar-refractivity contribution is 7.14. The number of halogens is 1. The normalized spacial score (nSPS) is 10.5. The highest BCUT2D eigenvalue weighted by Gasteiger charge is 2.21. The Bertz CT molecular complexity index is 1010. The van der Waals surface area contributed by atoms with Gasteiger partial charge in [-0.25, -0.2) is 9.67 Å². The predicted molar refractivity (Wildman–Crippen MR) is 104 cm³/mol. The zero-order chi connectivity index (χ0) is 18.7. The predicted octanol–water partition coefficient (Wildman–Crippen LogP) is 3.39. The van der Waals surface area contributed by atoms with Crippen LogP contribution in [0.3, 0.4) is 0 Å². The summed E-state index contributed by atoms with van der Waals surface area (Å²) in [4.78, 5) is 30.4. The van der Waals surface area contributed by atoms with Crippen molar-refractivity contribution in [1.29, 1.82) is 0 Å². The minimum atomic E-state index is -0.350. The van der Waals surface area contributed by atoms with Crippen LogP contribution in [0, 0.1) is 0 Å². The maximum atomic E-state index is 12.8. The molecule has 1 aromatic carbocycles. The molecule has 26 heavy (non-hydrogen) atoms. The number of rotatable bonds is 5. The summed E-state index contributed by atoms with van der Waals surface area (Å²) in [5.41, 5.74) is 1.54. The summed E-state index contributed by atoms with van der Waals surface area (Å²) in [5.74, 6) is -0.350. The number of hydrogen-bond acceptors (Lipinski definition) is 5. The van der Waals surface area contributed by atoms with Gasteiger partial charge in [0.05, 0.1) is 5.69 Å². The molecule has 0 fully saturated rings. The molecular weight excluding hydrogens is 372 g/mol. The van der Waals surface area contributed by atoms with Crippen LogP contribution in [0.25, 0.3) is 11.3 Å². The van der Waals surface area contributed by atoms with Crippen LogP contribution in [-0.4, -0.2) is 27.2 Å². The molecule has 2 heterocycles. The fourth-order valence-corrected chi connectivity index (χ4v) is 3.24. The first-order valence-electron chi connectivity index (χ1n) is 7.68. The van der Waals surface area contributed by atoms with Gasteiger partial charge >= 0.3 is 0 Å². The lowest BCUT2D eigenvalue weighted by molar-refractivity contribution is 0.0982. The van der Waals surface area contributed by atoms with Gasteiger partial charge in [0, 0.05) is 35.6 Å². The number of anilines is 1. The first kappa shape index (κ1) is 18.0. The van der Waals surface area contributed by atoms with Crippen molar-refractivity contribution in [3.63, 3.8) is 0 Å². The fourth-order valence-electron chi connectivity index (χ4n) is 2.27. The zero-order valence-electron chi connectivity index (χ0n) is 13.9. The zero-order valence-corrected chi connectivity index (χ0v) is 15.5. The largest absolute Gasteiger partial charge is 0.280 e. The van der Waals surface area contributed by atoms with Crippen molar-refractivity contribution in [2.45, 2.75) is 0 Å². The van der Waals surface area contributed by atoms with Crippen LogP contribution in [0.15, 0.2) is 59.2 Å². The second-order valence-corrected chi connectivity index (χ2v) is 6.68. The SMILES string of the molecule is C=CCN(C(=O)c1ccc(=O)n(C)n1)c1nc(-c2ccc(Cl)cc2)cs1. The molecule has 0 aliphatic rings. The second kappa shape index (κ2) is 7.63. The summed E-state index contributed by atoms with van der Waals surface area (Å²) in [5, 5.41) is 7.06. The first-order chi connectivity index (χ1) is 12.5. The molecule has 0 bridgehead atoms. The highest BCUT2D eigenvalue weighted by atomic mass is 35.5. The molecule has 3 rings (SSSR count). The van der Waals surface area contributed by atoms with Crippen LogP contribution in [0.2, 0.25) is 5.02 Å². The smallest absolute Gasteiger partial charge is 0.279 e. The van der Waals surface area contributed by atoms with Gasteiger partial charge in [0.25, 0.3) is 11.5 Å². The molecular formula is C18H15ClN4O2S. The van der Waals surface area contributed by atoms with E-state index in [0.29, 0.717) is 10.2 Å².